The number of hydrogen-bond donors (Lipinski definition) is 3. The molecule has 0 bridgehead atoms. The highest BCUT2D eigenvalue weighted by atomic mass is 32.1. The SMILES string of the molecule is CNCc1ccc(NC(=S)NC)cc1. The lowest BCUT2D eigenvalue weighted by molar-refractivity contribution is 0.818. The Kier molecular flexibility index (Phi) is 4.35. The summed E-state index contributed by atoms with van der Waals surface area (Å²) in [5.41, 5.74) is 2.26. The summed E-state index contributed by atoms with van der Waals surface area (Å²) in [6.07, 6.45) is 0. The van der Waals surface area contributed by atoms with Gasteiger partial charge in [0.1, 0.15) is 0 Å². The van der Waals surface area contributed by atoms with Crippen molar-refractivity contribution < 1.29 is 0 Å². The Morgan fingerprint density at radius 3 is 2.36 bits per heavy atom. The summed E-state index contributed by atoms with van der Waals surface area (Å²) in [6.45, 7) is 0.886. The van der Waals surface area contributed by atoms with Crippen LogP contribution in [0, 0.1) is 0 Å². The summed E-state index contributed by atoms with van der Waals surface area (Å²) >= 11 is 4.99. The Labute approximate surface area is 89.9 Å². The average molecular weight is 209 g/mol. The lowest BCUT2D eigenvalue weighted by Gasteiger charge is -2.07. The van der Waals surface area contributed by atoms with Crippen molar-refractivity contribution in [2.75, 3.05) is 19.4 Å². The molecule has 0 atom stereocenters. The van der Waals surface area contributed by atoms with E-state index in [2.05, 4.69) is 28.1 Å². The largest absolute Gasteiger partial charge is 0.366 e. The first-order valence-corrected chi connectivity index (χ1v) is 4.89. The Balaban J connectivity index is 2.59. The second-order valence-electron chi connectivity index (χ2n) is 2.93. The fraction of sp³-hybridized carbons (Fsp3) is 0.300. The average Bonchev–Trinajstić information content (AvgIpc) is 2.21. The zero-order valence-corrected chi connectivity index (χ0v) is 9.24. The third kappa shape index (κ3) is 3.32. The van der Waals surface area contributed by atoms with E-state index in [-0.39, 0.29) is 0 Å². The molecule has 1 rings (SSSR count). The van der Waals surface area contributed by atoms with Crippen molar-refractivity contribution in [1.82, 2.24) is 10.6 Å². The molecule has 1 aromatic carbocycles. The molecule has 76 valence electrons. The molecular formula is C10H15N3S. The van der Waals surface area contributed by atoms with Crippen molar-refractivity contribution in [2.45, 2.75) is 6.54 Å². The summed E-state index contributed by atoms with van der Waals surface area (Å²) in [6, 6.07) is 8.15. The van der Waals surface area contributed by atoms with Crippen LogP contribution in [0.15, 0.2) is 24.3 Å². The van der Waals surface area contributed by atoms with Crippen LogP contribution in [0.4, 0.5) is 5.69 Å². The number of hydrogen-bond acceptors (Lipinski definition) is 2. The second kappa shape index (κ2) is 5.57. The third-order valence-corrected chi connectivity index (χ3v) is 2.13. The second-order valence-corrected chi connectivity index (χ2v) is 3.34. The Hall–Kier alpha value is -1.13. The minimum Gasteiger partial charge on any atom is -0.366 e. The van der Waals surface area contributed by atoms with Gasteiger partial charge in [-0.25, -0.2) is 0 Å². The molecule has 0 radical (unpaired) electrons. The minimum absolute atomic E-state index is 0.631. The molecule has 0 unspecified atom stereocenters. The van der Waals surface area contributed by atoms with Gasteiger partial charge in [-0.15, -0.1) is 0 Å². The van der Waals surface area contributed by atoms with Crippen molar-refractivity contribution in [2.24, 2.45) is 0 Å². The fourth-order valence-electron chi connectivity index (χ4n) is 1.10. The molecule has 0 aliphatic carbocycles. The molecule has 0 saturated carbocycles. The third-order valence-electron chi connectivity index (χ3n) is 1.82. The van der Waals surface area contributed by atoms with Gasteiger partial charge >= 0.3 is 0 Å². The number of anilines is 1. The quantitative estimate of drug-likeness (QED) is 0.656. The summed E-state index contributed by atoms with van der Waals surface area (Å²) in [4.78, 5) is 0. The molecular weight excluding hydrogens is 194 g/mol. The zero-order chi connectivity index (χ0) is 10.4. The van der Waals surface area contributed by atoms with Crippen molar-refractivity contribution in [3.05, 3.63) is 29.8 Å². The van der Waals surface area contributed by atoms with Crippen molar-refractivity contribution in [3.63, 3.8) is 0 Å². The van der Waals surface area contributed by atoms with E-state index in [4.69, 9.17) is 12.2 Å². The first kappa shape index (κ1) is 10.9. The molecule has 14 heavy (non-hydrogen) atoms. The first-order valence-electron chi connectivity index (χ1n) is 4.48. The molecule has 0 heterocycles. The summed E-state index contributed by atoms with van der Waals surface area (Å²) in [5.74, 6) is 0. The summed E-state index contributed by atoms with van der Waals surface area (Å²) < 4.78 is 0. The van der Waals surface area contributed by atoms with Gasteiger partial charge in [-0.05, 0) is 37.0 Å². The van der Waals surface area contributed by atoms with E-state index in [0.717, 1.165) is 12.2 Å². The van der Waals surface area contributed by atoms with Crippen LogP contribution in [0.5, 0.6) is 0 Å². The van der Waals surface area contributed by atoms with Gasteiger partial charge in [0.2, 0.25) is 0 Å². The van der Waals surface area contributed by atoms with Crippen LogP contribution in [0.25, 0.3) is 0 Å². The lowest BCUT2D eigenvalue weighted by atomic mass is 10.2. The van der Waals surface area contributed by atoms with Gasteiger partial charge in [-0.3, -0.25) is 0 Å². The van der Waals surface area contributed by atoms with E-state index in [1.165, 1.54) is 5.56 Å². The van der Waals surface area contributed by atoms with E-state index in [1.807, 2.05) is 19.2 Å². The molecule has 1 aromatic rings. The van der Waals surface area contributed by atoms with E-state index < -0.39 is 0 Å². The van der Waals surface area contributed by atoms with Crippen LogP contribution in [0.1, 0.15) is 5.56 Å². The minimum atomic E-state index is 0.631. The predicted octanol–water partition coefficient (Wildman–Crippen LogP) is 1.32. The van der Waals surface area contributed by atoms with Crippen LogP contribution < -0.4 is 16.0 Å². The summed E-state index contributed by atoms with van der Waals surface area (Å²) in [7, 11) is 3.73. The van der Waals surface area contributed by atoms with Crippen LogP contribution in [0.2, 0.25) is 0 Å². The molecule has 0 aromatic heterocycles. The Morgan fingerprint density at radius 2 is 1.86 bits per heavy atom. The van der Waals surface area contributed by atoms with Gasteiger partial charge in [-0.1, -0.05) is 12.1 Å². The zero-order valence-electron chi connectivity index (χ0n) is 8.42. The smallest absolute Gasteiger partial charge is 0.170 e. The molecule has 0 spiro atoms. The van der Waals surface area contributed by atoms with E-state index in [1.54, 1.807) is 7.05 Å². The van der Waals surface area contributed by atoms with E-state index >= 15 is 0 Å². The van der Waals surface area contributed by atoms with Gasteiger partial charge in [0.25, 0.3) is 0 Å². The highest BCUT2D eigenvalue weighted by molar-refractivity contribution is 7.80. The van der Waals surface area contributed by atoms with E-state index in [0.29, 0.717) is 5.11 Å². The molecule has 0 saturated heterocycles. The highest BCUT2D eigenvalue weighted by Gasteiger charge is 1.95. The molecule has 0 aliphatic heterocycles. The van der Waals surface area contributed by atoms with Crippen molar-refractivity contribution in [3.8, 4) is 0 Å². The lowest BCUT2D eigenvalue weighted by Crippen LogP contribution is -2.24. The maximum absolute atomic E-state index is 4.99. The Morgan fingerprint density at radius 1 is 1.21 bits per heavy atom. The topological polar surface area (TPSA) is 36.1 Å². The van der Waals surface area contributed by atoms with Gasteiger partial charge in [0.05, 0.1) is 0 Å². The maximum Gasteiger partial charge on any atom is 0.170 e. The first-order chi connectivity index (χ1) is 6.76. The number of benzene rings is 1. The molecule has 3 nitrogen and oxygen atoms in total. The van der Waals surface area contributed by atoms with Gasteiger partial charge in [-0.2, -0.15) is 0 Å². The maximum atomic E-state index is 4.99. The van der Waals surface area contributed by atoms with Crippen LogP contribution in [-0.4, -0.2) is 19.2 Å². The molecule has 0 aliphatic rings. The monoisotopic (exact) mass is 209 g/mol. The van der Waals surface area contributed by atoms with Gasteiger partial charge in [0, 0.05) is 19.3 Å². The molecule has 0 amide bonds. The molecule has 0 fully saturated rings. The van der Waals surface area contributed by atoms with Crippen molar-refractivity contribution in [1.29, 1.82) is 0 Å². The number of rotatable bonds is 3. The van der Waals surface area contributed by atoms with Crippen LogP contribution in [-0.2, 0) is 6.54 Å². The normalized spacial score (nSPS) is 9.57. The van der Waals surface area contributed by atoms with Gasteiger partial charge < -0.3 is 16.0 Å². The molecule has 4 heteroatoms. The van der Waals surface area contributed by atoms with Crippen molar-refractivity contribution >= 4 is 23.0 Å². The van der Waals surface area contributed by atoms with Gasteiger partial charge in [0.15, 0.2) is 5.11 Å². The van der Waals surface area contributed by atoms with E-state index in [9.17, 15) is 0 Å². The highest BCUT2D eigenvalue weighted by Crippen LogP contribution is 2.08. The molecule has 3 N–H and O–H groups in total. The fourth-order valence-corrected chi connectivity index (χ4v) is 1.22. The Bertz CT molecular complexity index is 295. The van der Waals surface area contributed by atoms with Crippen LogP contribution >= 0.6 is 12.2 Å². The number of nitrogens with one attached hydrogen (secondary N) is 3. The summed E-state index contributed by atoms with van der Waals surface area (Å²) in [5, 5.41) is 9.65. The standard InChI is InChI=1S/C10H15N3S/c1-11-7-8-3-5-9(6-4-8)13-10(14)12-2/h3-6,11H,7H2,1-2H3,(H2,12,13,14). The number of thiocarbonyl (C=S) groups is 1. The predicted molar refractivity (Wildman–Crippen MR) is 64.5 cm³/mol. The van der Waals surface area contributed by atoms with Crippen LogP contribution in [0.3, 0.4) is 0 Å².